The Balaban J connectivity index is 1.48. The van der Waals surface area contributed by atoms with Crippen molar-refractivity contribution in [3.63, 3.8) is 0 Å². The summed E-state index contributed by atoms with van der Waals surface area (Å²) >= 11 is 13.9. The summed E-state index contributed by atoms with van der Waals surface area (Å²) in [5, 5.41) is 16.3. The zero-order chi connectivity index (χ0) is 30.0. The van der Waals surface area contributed by atoms with E-state index in [0.717, 1.165) is 17.3 Å². The molecule has 0 saturated heterocycles. The third-order valence-electron chi connectivity index (χ3n) is 6.65. The standard InChI is InChI=1S/C28H23Cl2F2N7O2S/c1-28(2,16-4-9-20(29)23(12-16)41-3)24-13-33-27(39(24)18-7-5-17(31)6-8-18)42-14-19-21(30)10-15(11-22(19)32)25(40)34-26-35-37-38-36-26/h4-13H,14H2,1-3H3,(H2,34,35,36,37,38,40). The van der Waals surface area contributed by atoms with Gasteiger partial charge in [-0.05, 0) is 59.3 Å². The van der Waals surface area contributed by atoms with Crippen LogP contribution in [0.15, 0.2) is 66.0 Å². The van der Waals surface area contributed by atoms with E-state index in [1.807, 2.05) is 30.5 Å². The molecule has 0 radical (unpaired) electrons. The molecule has 0 spiro atoms. The number of aromatic amines is 1. The highest BCUT2D eigenvalue weighted by Crippen LogP contribution is 2.39. The van der Waals surface area contributed by atoms with Crippen molar-refractivity contribution >= 4 is 46.8 Å². The number of hydrogen-bond donors (Lipinski definition) is 2. The van der Waals surface area contributed by atoms with Gasteiger partial charge in [0.25, 0.3) is 11.9 Å². The minimum absolute atomic E-state index is 0.00806. The highest BCUT2D eigenvalue weighted by atomic mass is 35.5. The number of methoxy groups -OCH3 is 1. The predicted molar refractivity (Wildman–Crippen MR) is 157 cm³/mol. The number of carbonyl (C=O) groups is 1. The van der Waals surface area contributed by atoms with E-state index in [2.05, 4.69) is 30.9 Å². The zero-order valence-electron chi connectivity index (χ0n) is 22.5. The van der Waals surface area contributed by atoms with E-state index in [9.17, 15) is 9.18 Å². The summed E-state index contributed by atoms with van der Waals surface area (Å²) in [4.78, 5) is 17.1. The maximum absolute atomic E-state index is 15.2. The smallest absolute Gasteiger partial charge is 0.270 e. The summed E-state index contributed by atoms with van der Waals surface area (Å²) in [6.07, 6.45) is 1.73. The van der Waals surface area contributed by atoms with Gasteiger partial charge in [0, 0.05) is 33.0 Å². The van der Waals surface area contributed by atoms with Crippen molar-refractivity contribution in [2.45, 2.75) is 30.2 Å². The fourth-order valence-electron chi connectivity index (χ4n) is 4.31. The molecule has 0 fully saturated rings. The van der Waals surface area contributed by atoms with Gasteiger partial charge in [-0.2, -0.15) is 5.21 Å². The number of imidazole rings is 1. The van der Waals surface area contributed by atoms with E-state index in [-0.39, 0.29) is 33.7 Å². The molecule has 0 saturated carbocycles. The molecule has 2 N–H and O–H groups in total. The number of H-pyrrole nitrogens is 1. The van der Waals surface area contributed by atoms with Crippen LogP contribution >= 0.6 is 35.0 Å². The molecule has 2 aromatic heterocycles. The molecule has 0 atom stereocenters. The predicted octanol–water partition coefficient (Wildman–Crippen LogP) is 6.85. The molecule has 9 nitrogen and oxygen atoms in total. The molecule has 5 aromatic rings. The van der Waals surface area contributed by atoms with E-state index < -0.39 is 17.1 Å². The van der Waals surface area contributed by atoms with Gasteiger partial charge < -0.3 is 4.74 Å². The second-order valence-electron chi connectivity index (χ2n) is 9.61. The quantitative estimate of drug-likeness (QED) is 0.172. The summed E-state index contributed by atoms with van der Waals surface area (Å²) in [5.74, 6) is -1.11. The average molecular weight is 631 g/mol. The van der Waals surface area contributed by atoms with Crippen LogP contribution in [-0.2, 0) is 11.2 Å². The topological polar surface area (TPSA) is 111 Å². The van der Waals surface area contributed by atoms with Gasteiger partial charge >= 0.3 is 0 Å². The third-order valence-corrected chi connectivity index (χ3v) is 8.28. The molecule has 2 heterocycles. The van der Waals surface area contributed by atoms with Crippen molar-refractivity contribution in [1.82, 2.24) is 30.2 Å². The lowest BCUT2D eigenvalue weighted by Gasteiger charge is -2.28. The molecule has 0 aliphatic heterocycles. The van der Waals surface area contributed by atoms with Gasteiger partial charge in [-0.15, -0.1) is 5.10 Å². The summed E-state index contributed by atoms with van der Waals surface area (Å²) in [7, 11) is 1.55. The molecule has 5 rings (SSSR count). The van der Waals surface area contributed by atoms with Crippen LogP contribution in [0.5, 0.6) is 5.75 Å². The number of halogens is 4. The molecule has 0 bridgehead atoms. The number of hydrogen-bond acceptors (Lipinski definition) is 7. The largest absolute Gasteiger partial charge is 0.495 e. The normalized spacial score (nSPS) is 11.5. The summed E-state index contributed by atoms with van der Waals surface area (Å²) in [6.45, 7) is 4.05. The SMILES string of the molecule is COc1cc(C(C)(C)c2cnc(SCc3c(F)cc(C(=O)Nc4nn[nH]n4)cc3Cl)n2-c2ccc(F)cc2)ccc1Cl. The van der Waals surface area contributed by atoms with Crippen molar-refractivity contribution in [2.75, 3.05) is 12.4 Å². The van der Waals surface area contributed by atoms with Gasteiger partial charge in [0.05, 0.1) is 24.0 Å². The molecule has 0 aliphatic carbocycles. The fraction of sp³-hybridized carbons (Fsp3) is 0.179. The summed E-state index contributed by atoms with van der Waals surface area (Å²) < 4.78 is 36.4. The second-order valence-corrected chi connectivity index (χ2v) is 11.4. The van der Waals surface area contributed by atoms with Crippen molar-refractivity contribution in [3.05, 3.63) is 105 Å². The maximum Gasteiger partial charge on any atom is 0.270 e. The van der Waals surface area contributed by atoms with Gasteiger partial charge in [-0.25, -0.2) is 13.8 Å². The number of benzene rings is 3. The highest BCUT2D eigenvalue weighted by molar-refractivity contribution is 7.98. The van der Waals surface area contributed by atoms with Crippen LogP contribution in [0.25, 0.3) is 5.69 Å². The number of thioether (sulfide) groups is 1. The van der Waals surface area contributed by atoms with Crippen molar-refractivity contribution < 1.29 is 18.3 Å². The van der Waals surface area contributed by atoms with Crippen molar-refractivity contribution in [2.24, 2.45) is 0 Å². The Hall–Kier alpha value is -4.00. The lowest BCUT2D eigenvalue weighted by Crippen LogP contribution is -2.23. The van der Waals surface area contributed by atoms with E-state index in [4.69, 9.17) is 27.9 Å². The number of nitrogens with one attached hydrogen (secondary N) is 2. The van der Waals surface area contributed by atoms with Gasteiger partial charge in [-0.1, -0.05) is 60.0 Å². The molecule has 3 aromatic carbocycles. The second kappa shape index (κ2) is 12.1. The van der Waals surface area contributed by atoms with Crippen molar-refractivity contribution in [3.8, 4) is 11.4 Å². The first-order valence-electron chi connectivity index (χ1n) is 12.4. The van der Waals surface area contributed by atoms with Crippen LogP contribution < -0.4 is 10.1 Å². The van der Waals surface area contributed by atoms with Crippen LogP contribution in [-0.4, -0.2) is 43.2 Å². The Kier molecular flexibility index (Phi) is 8.48. The molecule has 14 heteroatoms. The van der Waals surface area contributed by atoms with Crippen molar-refractivity contribution in [1.29, 1.82) is 0 Å². The first-order valence-corrected chi connectivity index (χ1v) is 14.2. The van der Waals surface area contributed by atoms with Crippen LogP contribution in [0.4, 0.5) is 14.7 Å². The van der Waals surface area contributed by atoms with Crippen LogP contribution in [0.3, 0.4) is 0 Å². The van der Waals surface area contributed by atoms with Gasteiger partial charge in [-0.3, -0.25) is 14.7 Å². The first-order chi connectivity index (χ1) is 20.1. The van der Waals surface area contributed by atoms with Gasteiger partial charge in [0.15, 0.2) is 5.16 Å². The zero-order valence-corrected chi connectivity index (χ0v) is 24.8. The summed E-state index contributed by atoms with van der Waals surface area (Å²) in [5.41, 5.74) is 1.95. The Morgan fingerprint density at radius 1 is 1.10 bits per heavy atom. The van der Waals surface area contributed by atoms with Gasteiger partial charge in [0.1, 0.15) is 17.4 Å². The monoisotopic (exact) mass is 629 g/mol. The minimum Gasteiger partial charge on any atom is -0.495 e. The Morgan fingerprint density at radius 2 is 1.86 bits per heavy atom. The number of tetrazole rings is 1. The highest BCUT2D eigenvalue weighted by Gasteiger charge is 2.30. The fourth-order valence-corrected chi connectivity index (χ4v) is 5.89. The molecule has 0 unspecified atom stereocenters. The number of amides is 1. The molecule has 0 aliphatic rings. The van der Waals surface area contributed by atoms with Crippen LogP contribution in [0.1, 0.15) is 41.0 Å². The number of aromatic nitrogens is 6. The lowest BCUT2D eigenvalue weighted by atomic mass is 9.81. The number of anilines is 1. The number of ether oxygens (including phenoxy) is 1. The lowest BCUT2D eigenvalue weighted by molar-refractivity contribution is 0.102. The summed E-state index contributed by atoms with van der Waals surface area (Å²) in [6, 6.07) is 14.0. The molecule has 1 amide bonds. The molecule has 216 valence electrons. The Labute approximate surface area is 253 Å². The first kappa shape index (κ1) is 29.5. The van der Waals surface area contributed by atoms with E-state index in [0.29, 0.717) is 21.6 Å². The minimum atomic E-state index is -0.665. The van der Waals surface area contributed by atoms with E-state index in [1.165, 1.54) is 30.0 Å². The Morgan fingerprint density at radius 3 is 2.52 bits per heavy atom. The molecular formula is C28H23Cl2F2N7O2S. The van der Waals surface area contributed by atoms with Gasteiger partial charge in [0.2, 0.25) is 0 Å². The number of nitrogens with zero attached hydrogens (tertiary/aromatic N) is 5. The van der Waals surface area contributed by atoms with Crippen LogP contribution in [0.2, 0.25) is 10.0 Å². The Bertz CT molecular complexity index is 1720. The van der Waals surface area contributed by atoms with E-state index >= 15 is 4.39 Å². The number of rotatable bonds is 9. The average Bonchev–Trinajstić information content (AvgIpc) is 3.63. The number of carbonyl (C=O) groups excluding carboxylic acids is 1. The van der Waals surface area contributed by atoms with E-state index in [1.54, 1.807) is 31.5 Å². The molecule has 42 heavy (non-hydrogen) atoms. The maximum atomic E-state index is 15.2. The van der Waals surface area contributed by atoms with Crippen LogP contribution in [0, 0.1) is 11.6 Å². The molecular weight excluding hydrogens is 607 g/mol. The third kappa shape index (κ3) is 5.96.